The van der Waals surface area contributed by atoms with Crippen LogP contribution in [-0.2, 0) is 4.79 Å². The summed E-state index contributed by atoms with van der Waals surface area (Å²) in [7, 11) is 0. The molecule has 18 heavy (non-hydrogen) atoms. The van der Waals surface area contributed by atoms with Gasteiger partial charge in [-0.1, -0.05) is 23.2 Å². The molecular weight excluding hydrogens is 339 g/mol. The van der Waals surface area contributed by atoms with Gasteiger partial charge in [0.25, 0.3) is 0 Å². The van der Waals surface area contributed by atoms with Crippen LogP contribution in [0.2, 0.25) is 10.0 Å². The smallest absolute Gasteiger partial charge is 0.225 e. The maximum Gasteiger partial charge on any atom is 0.225 e. The number of anilines is 1. The first-order valence-electron chi connectivity index (χ1n) is 5.68. The van der Waals surface area contributed by atoms with Crippen molar-refractivity contribution in [2.45, 2.75) is 25.3 Å². The van der Waals surface area contributed by atoms with Crippen LogP contribution in [0.25, 0.3) is 0 Å². The molecule has 0 radical (unpaired) electrons. The van der Waals surface area contributed by atoms with Gasteiger partial charge in [-0.2, -0.15) is 0 Å². The highest BCUT2D eigenvalue weighted by atomic mass is 79.9. The molecule has 0 aliphatic heterocycles. The lowest BCUT2D eigenvalue weighted by atomic mass is 10.1. The lowest BCUT2D eigenvalue weighted by molar-refractivity contribution is -0.116. The van der Waals surface area contributed by atoms with Gasteiger partial charge in [0.15, 0.2) is 0 Å². The van der Waals surface area contributed by atoms with Gasteiger partial charge < -0.3 is 11.1 Å². The SMILES string of the molecule is NC(CC(=O)Nc1ccc(Br)c(Cl)c1Cl)C1CC1. The second kappa shape index (κ2) is 5.78. The Morgan fingerprint density at radius 3 is 2.72 bits per heavy atom. The Kier molecular flexibility index (Phi) is 4.54. The molecule has 98 valence electrons. The van der Waals surface area contributed by atoms with Crippen LogP contribution >= 0.6 is 39.1 Å². The second-order valence-corrected chi connectivity index (χ2v) is 6.09. The van der Waals surface area contributed by atoms with E-state index in [4.69, 9.17) is 28.9 Å². The van der Waals surface area contributed by atoms with Crippen molar-refractivity contribution in [3.05, 3.63) is 26.7 Å². The summed E-state index contributed by atoms with van der Waals surface area (Å²) >= 11 is 15.3. The normalized spacial score (nSPS) is 16.4. The maximum absolute atomic E-state index is 11.8. The Labute approximate surface area is 124 Å². The van der Waals surface area contributed by atoms with Crippen molar-refractivity contribution in [2.75, 3.05) is 5.32 Å². The van der Waals surface area contributed by atoms with E-state index in [2.05, 4.69) is 21.2 Å². The zero-order valence-electron chi connectivity index (χ0n) is 9.55. The topological polar surface area (TPSA) is 55.1 Å². The standard InChI is InChI=1S/C12H13BrCl2N2O/c13-7-3-4-9(12(15)11(7)14)17-10(18)5-8(16)6-1-2-6/h3-4,6,8H,1-2,5,16H2,(H,17,18). The third kappa shape index (κ3) is 3.38. The Morgan fingerprint density at radius 2 is 2.11 bits per heavy atom. The Morgan fingerprint density at radius 1 is 1.44 bits per heavy atom. The molecule has 6 heteroatoms. The summed E-state index contributed by atoms with van der Waals surface area (Å²) in [6.45, 7) is 0. The minimum atomic E-state index is -0.130. The van der Waals surface area contributed by atoms with Gasteiger partial charge in [-0.3, -0.25) is 4.79 Å². The molecular formula is C12H13BrCl2N2O. The first-order valence-corrected chi connectivity index (χ1v) is 7.23. The molecule has 1 atom stereocenters. The van der Waals surface area contributed by atoms with Gasteiger partial charge in [0, 0.05) is 16.9 Å². The van der Waals surface area contributed by atoms with Gasteiger partial charge >= 0.3 is 0 Å². The summed E-state index contributed by atoms with van der Waals surface area (Å²) in [6, 6.07) is 3.39. The van der Waals surface area contributed by atoms with Crippen LogP contribution in [0, 0.1) is 5.92 Å². The van der Waals surface area contributed by atoms with E-state index in [0.717, 1.165) is 12.8 Å². The summed E-state index contributed by atoms with van der Waals surface area (Å²) < 4.78 is 0.696. The zero-order chi connectivity index (χ0) is 13.3. The number of carbonyl (C=O) groups is 1. The fourth-order valence-electron chi connectivity index (χ4n) is 1.73. The van der Waals surface area contributed by atoms with Gasteiger partial charge in [0.1, 0.15) is 0 Å². The van der Waals surface area contributed by atoms with Crippen molar-refractivity contribution >= 4 is 50.7 Å². The van der Waals surface area contributed by atoms with E-state index in [1.165, 1.54) is 0 Å². The number of nitrogens with one attached hydrogen (secondary N) is 1. The van der Waals surface area contributed by atoms with Crippen LogP contribution in [0.4, 0.5) is 5.69 Å². The fraction of sp³-hybridized carbons (Fsp3) is 0.417. The number of carbonyl (C=O) groups excluding carboxylic acids is 1. The molecule has 0 spiro atoms. The number of nitrogens with two attached hydrogens (primary N) is 1. The first kappa shape index (κ1) is 14.1. The molecule has 1 saturated carbocycles. The predicted molar refractivity (Wildman–Crippen MR) is 78.1 cm³/mol. The van der Waals surface area contributed by atoms with Crippen molar-refractivity contribution in [3.8, 4) is 0 Å². The minimum Gasteiger partial charge on any atom is -0.327 e. The highest BCUT2D eigenvalue weighted by Crippen LogP contribution is 2.36. The zero-order valence-corrected chi connectivity index (χ0v) is 12.6. The number of halogens is 3. The Hall–Kier alpha value is -0.290. The molecule has 1 fully saturated rings. The van der Waals surface area contributed by atoms with Crippen molar-refractivity contribution < 1.29 is 4.79 Å². The molecule has 2 rings (SSSR count). The summed E-state index contributed by atoms with van der Waals surface area (Å²) in [5, 5.41) is 3.46. The van der Waals surface area contributed by atoms with E-state index >= 15 is 0 Å². The molecule has 1 aliphatic carbocycles. The van der Waals surface area contributed by atoms with E-state index in [9.17, 15) is 4.79 Å². The van der Waals surface area contributed by atoms with Crippen LogP contribution in [0.1, 0.15) is 19.3 Å². The number of hydrogen-bond donors (Lipinski definition) is 2. The third-order valence-corrected chi connectivity index (χ3v) is 4.73. The van der Waals surface area contributed by atoms with Gasteiger partial charge in [0.2, 0.25) is 5.91 Å². The summed E-state index contributed by atoms with van der Waals surface area (Å²) in [5.41, 5.74) is 6.41. The number of benzene rings is 1. The lowest BCUT2D eigenvalue weighted by Gasteiger charge is -2.12. The van der Waals surface area contributed by atoms with E-state index in [1.807, 2.05) is 0 Å². The molecule has 3 nitrogen and oxygen atoms in total. The largest absolute Gasteiger partial charge is 0.327 e. The molecule has 1 aromatic rings. The van der Waals surface area contributed by atoms with E-state index in [0.29, 0.717) is 32.5 Å². The molecule has 0 aromatic heterocycles. The molecule has 1 aliphatic rings. The summed E-state index contributed by atoms with van der Waals surface area (Å²) in [6.07, 6.45) is 2.56. The molecule has 0 saturated heterocycles. The monoisotopic (exact) mass is 350 g/mol. The molecule has 1 aromatic carbocycles. The number of amides is 1. The lowest BCUT2D eigenvalue weighted by Crippen LogP contribution is -2.28. The van der Waals surface area contributed by atoms with Gasteiger partial charge in [-0.15, -0.1) is 0 Å². The fourth-order valence-corrected chi connectivity index (χ4v) is 2.55. The highest BCUT2D eigenvalue weighted by Gasteiger charge is 2.29. The van der Waals surface area contributed by atoms with Gasteiger partial charge in [0.05, 0.1) is 15.7 Å². The van der Waals surface area contributed by atoms with Crippen LogP contribution in [0.15, 0.2) is 16.6 Å². The van der Waals surface area contributed by atoms with Crippen molar-refractivity contribution in [1.82, 2.24) is 0 Å². The van der Waals surface area contributed by atoms with E-state index < -0.39 is 0 Å². The molecule has 0 bridgehead atoms. The molecule has 1 unspecified atom stereocenters. The Bertz CT molecular complexity index is 477. The molecule has 0 heterocycles. The quantitative estimate of drug-likeness (QED) is 0.810. The average molecular weight is 352 g/mol. The summed E-state index contributed by atoms with van der Waals surface area (Å²) in [4.78, 5) is 11.8. The highest BCUT2D eigenvalue weighted by molar-refractivity contribution is 9.10. The van der Waals surface area contributed by atoms with Crippen molar-refractivity contribution in [3.63, 3.8) is 0 Å². The second-order valence-electron chi connectivity index (χ2n) is 4.48. The number of hydrogen-bond acceptors (Lipinski definition) is 2. The molecule has 1 amide bonds. The predicted octanol–water partition coefficient (Wildman–Crippen LogP) is 3.82. The van der Waals surface area contributed by atoms with Crippen LogP contribution in [0.3, 0.4) is 0 Å². The third-order valence-electron chi connectivity index (χ3n) is 2.96. The Balaban J connectivity index is 2.00. The summed E-state index contributed by atoms with van der Waals surface area (Å²) in [5.74, 6) is 0.370. The molecule has 3 N–H and O–H groups in total. The average Bonchev–Trinajstić information content (AvgIpc) is 3.14. The van der Waals surface area contributed by atoms with E-state index in [1.54, 1.807) is 12.1 Å². The van der Waals surface area contributed by atoms with Crippen LogP contribution in [0.5, 0.6) is 0 Å². The van der Waals surface area contributed by atoms with E-state index in [-0.39, 0.29) is 11.9 Å². The maximum atomic E-state index is 11.8. The van der Waals surface area contributed by atoms with Crippen molar-refractivity contribution in [2.24, 2.45) is 11.7 Å². The van der Waals surface area contributed by atoms with Crippen LogP contribution < -0.4 is 11.1 Å². The van der Waals surface area contributed by atoms with Crippen molar-refractivity contribution in [1.29, 1.82) is 0 Å². The van der Waals surface area contributed by atoms with Crippen LogP contribution in [-0.4, -0.2) is 11.9 Å². The van der Waals surface area contributed by atoms with Gasteiger partial charge in [-0.05, 0) is 46.8 Å². The minimum absolute atomic E-state index is 0.0605. The first-order chi connectivity index (χ1) is 8.49. The van der Waals surface area contributed by atoms with Gasteiger partial charge in [-0.25, -0.2) is 0 Å². The number of rotatable bonds is 4.